The Labute approximate surface area is 154 Å². The zero-order valence-corrected chi connectivity index (χ0v) is 13.6. The highest BCUT2D eigenvalue weighted by atomic mass is 19.4. The second-order valence-electron chi connectivity index (χ2n) is 5.49. The quantitative estimate of drug-likeness (QED) is 0.247. The fourth-order valence-corrected chi connectivity index (χ4v) is 1.39. The molecule has 0 spiro atoms. The Balaban J connectivity index is 6.48. The van der Waals surface area contributed by atoms with Crippen molar-refractivity contribution in [3.05, 3.63) is 12.2 Å². The molecule has 2 nitrogen and oxygen atoms in total. The topological polar surface area (TPSA) is 26.3 Å². The second kappa shape index (κ2) is 7.35. The molecule has 0 fully saturated rings. The van der Waals surface area contributed by atoms with Crippen LogP contribution in [0.4, 0.5) is 70.2 Å². The molecule has 0 N–H and O–H groups in total. The van der Waals surface area contributed by atoms with E-state index < -0.39 is 59.6 Å². The van der Waals surface area contributed by atoms with Crippen molar-refractivity contribution in [2.45, 2.75) is 55.0 Å². The molecule has 0 amide bonds. The van der Waals surface area contributed by atoms with Crippen LogP contribution in [-0.4, -0.2) is 54.0 Å². The summed E-state index contributed by atoms with van der Waals surface area (Å²) in [5.74, 6) is -51.4. The van der Waals surface area contributed by atoms with E-state index in [1.165, 1.54) is 0 Å². The predicted molar refractivity (Wildman–Crippen MR) is 61.5 cm³/mol. The molecule has 0 aromatic rings. The summed E-state index contributed by atoms with van der Waals surface area (Å²) in [7, 11) is 0. The Morgan fingerprint density at radius 1 is 0.667 bits per heavy atom. The number of rotatable bonds is 8. The van der Waals surface area contributed by atoms with Gasteiger partial charge in [-0.3, -0.25) is 0 Å². The van der Waals surface area contributed by atoms with E-state index in [1.807, 2.05) is 0 Å². The van der Waals surface area contributed by atoms with Gasteiger partial charge in [-0.2, -0.15) is 70.2 Å². The highest BCUT2D eigenvalue weighted by molar-refractivity contribution is 5.87. The van der Waals surface area contributed by atoms with Crippen LogP contribution in [-0.2, 0) is 9.53 Å². The number of ether oxygens (including phenoxy) is 1. The van der Waals surface area contributed by atoms with Crippen molar-refractivity contribution in [2.24, 2.45) is 0 Å². The number of carbonyl (C=O) groups is 1. The number of halogens is 16. The second-order valence-corrected chi connectivity index (χ2v) is 5.49. The van der Waals surface area contributed by atoms with Crippen molar-refractivity contribution >= 4 is 5.97 Å². The maximum Gasteiger partial charge on any atom is 0.460 e. The highest BCUT2D eigenvalue weighted by Gasteiger charge is 2.94. The van der Waals surface area contributed by atoms with E-state index in [1.54, 1.807) is 0 Å². The van der Waals surface area contributed by atoms with Crippen molar-refractivity contribution in [3.8, 4) is 0 Å². The van der Waals surface area contributed by atoms with Gasteiger partial charge in [-0.15, -0.1) is 0 Å². The molecule has 30 heavy (non-hydrogen) atoms. The first-order chi connectivity index (χ1) is 12.7. The van der Waals surface area contributed by atoms with E-state index in [0.717, 1.165) is 0 Å². The van der Waals surface area contributed by atoms with E-state index in [2.05, 4.69) is 11.3 Å². The average molecular weight is 486 g/mol. The average Bonchev–Trinajstić information content (AvgIpc) is 2.52. The third kappa shape index (κ3) is 3.76. The molecule has 18 heteroatoms. The zero-order valence-electron chi connectivity index (χ0n) is 13.6. The largest absolute Gasteiger partial charge is 0.460 e. The molecule has 0 aliphatic heterocycles. The summed E-state index contributed by atoms with van der Waals surface area (Å²) in [5, 5.41) is 0. The van der Waals surface area contributed by atoms with Gasteiger partial charge in [0, 0.05) is 5.57 Å². The number of alkyl halides is 16. The summed E-state index contributed by atoms with van der Waals surface area (Å²) in [4.78, 5) is 10.8. The van der Waals surface area contributed by atoms with Crippen molar-refractivity contribution in [1.29, 1.82) is 0 Å². The molecule has 178 valence electrons. The first-order valence-electron chi connectivity index (χ1n) is 6.59. The summed E-state index contributed by atoms with van der Waals surface area (Å²) in [6, 6.07) is 0. The third-order valence-electron chi connectivity index (χ3n) is 3.20. The first-order valence-corrected chi connectivity index (χ1v) is 6.59. The van der Waals surface area contributed by atoms with Crippen LogP contribution in [0.15, 0.2) is 12.2 Å². The molecular weight excluding hydrogens is 480 g/mol. The maximum atomic E-state index is 13.3. The van der Waals surface area contributed by atoms with Crippen LogP contribution in [0, 0.1) is 0 Å². The smallest absolute Gasteiger partial charge is 0.421 e. The number of hydrogen-bond donors (Lipinski definition) is 0. The van der Waals surface area contributed by atoms with E-state index >= 15 is 0 Å². The first kappa shape index (κ1) is 28.1. The van der Waals surface area contributed by atoms with Crippen LogP contribution < -0.4 is 0 Å². The molecule has 0 saturated carbocycles. The Bertz CT molecular complexity index is 676. The monoisotopic (exact) mass is 486 g/mol. The SMILES string of the molecule is C=C(C)C(=O)OC(F)C(F)(F)C(F)(F)C(F)(F)C(F)(F)C(F)(F)C(F)(F)C(F)(F)F. The van der Waals surface area contributed by atoms with Gasteiger partial charge >= 0.3 is 54.0 Å². The molecular formula is C12H6F16O2. The Kier molecular flexibility index (Phi) is 6.88. The fourth-order valence-electron chi connectivity index (χ4n) is 1.39. The summed E-state index contributed by atoms with van der Waals surface area (Å²) in [6.07, 6.45) is -13.0. The van der Waals surface area contributed by atoms with Crippen molar-refractivity contribution < 1.29 is 79.8 Å². The molecule has 0 radical (unpaired) electrons. The third-order valence-corrected chi connectivity index (χ3v) is 3.20. The number of hydrogen-bond acceptors (Lipinski definition) is 2. The Hall–Kier alpha value is -1.91. The standard InChI is InChI=1S/C12H6F16O2/c1-3(2)4(29)30-5(13)6(14,15)7(16,17)8(18,19)9(20,21)10(22,23)11(24,25)12(26,27)28/h5H,1H2,2H3. The Morgan fingerprint density at radius 3 is 1.27 bits per heavy atom. The normalized spacial score (nSPS) is 16.3. The van der Waals surface area contributed by atoms with Gasteiger partial charge in [0.05, 0.1) is 0 Å². The van der Waals surface area contributed by atoms with E-state index in [-0.39, 0.29) is 0 Å². The lowest BCUT2D eigenvalue weighted by Crippen LogP contribution is -2.73. The lowest BCUT2D eigenvalue weighted by Gasteiger charge is -2.41. The van der Waals surface area contributed by atoms with Crippen molar-refractivity contribution in [1.82, 2.24) is 0 Å². The fraction of sp³-hybridized carbons (Fsp3) is 0.750. The van der Waals surface area contributed by atoms with Gasteiger partial charge < -0.3 is 4.74 Å². The summed E-state index contributed by atoms with van der Waals surface area (Å²) < 4.78 is 208. The predicted octanol–water partition coefficient (Wildman–Crippen LogP) is 5.78. The van der Waals surface area contributed by atoms with Gasteiger partial charge in [-0.1, -0.05) is 6.58 Å². The van der Waals surface area contributed by atoms with Gasteiger partial charge in [0.25, 0.3) is 0 Å². The van der Waals surface area contributed by atoms with Crippen LogP contribution in [0.25, 0.3) is 0 Å². The molecule has 0 aliphatic carbocycles. The molecule has 1 atom stereocenters. The van der Waals surface area contributed by atoms with Gasteiger partial charge in [0.15, 0.2) is 0 Å². The molecule has 0 aromatic heterocycles. The molecule has 0 bridgehead atoms. The molecule has 0 aliphatic rings. The molecule has 1 unspecified atom stereocenters. The molecule has 0 aromatic carbocycles. The summed E-state index contributed by atoms with van der Waals surface area (Å²) in [5.41, 5.74) is -1.05. The number of esters is 1. The van der Waals surface area contributed by atoms with Crippen LogP contribution >= 0.6 is 0 Å². The summed E-state index contributed by atoms with van der Waals surface area (Å²) in [6.45, 7) is 3.14. The molecule has 0 rings (SSSR count). The van der Waals surface area contributed by atoms with E-state index in [9.17, 15) is 75.0 Å². The van der Waals surface area contributed by atoms with Crippen molar-refractivity contribution in [3.63, 3.8) is 0 Å². The lowest BCUT2D eigenvalue weighted by atomic mass is 9.91. The van der Waals surface area contributed by atoms with Gasteiger partial charge in [-0.25, -0.2) is 4.79 Å². The van der Waals surface area contributed by atoms with Gasteiger partial charge in [-0.05, 0) is 6.92 Å². The Morgan fingerprint density at radius 2 is 0.967 bits per heavy atom. The van der Waals surface area contributed by atoms with Crippen molar-refractivity contribution in [2.75, 3.05) is 0 Å². The highest BCUT2D eigenvalue weighted by Crippen LogP contribution is 2.62. The summed E-state index contributed by atoms with van der Waals surface area (Å²) >= 11 is 0. The minimum absolute atomic E-state index is 0.549. The lowest BCUT2D eigenvalue weighted by molar-refractivity contribution is -0.458. The van der Waals surface area contributed by atoms with Gasteiger partial charge in [0.2, 0.25) is 0 Å². The molecule has 0 heterocycles. The minimum atomic E-state index is -8.55. The van der Waals surface area contributed by atoms with Crippen LogP contribution in [0.1, 0.15) is 6.92 Å². The van der Waals surface area contributed by atoms with Crippen LogP contribution in [0.5, 0.6) is 0 Å². The minimum Gasteiger partial charge on any atom is -0.421 e. The van der Waals surface area contributed by atoms with E-state index in [0.29, 0.717) is 6.92 Å². The number of carbonyl (C=O) groups excluding carboxylic acids is 1. The molecule has 0 saturated heterocycles. The van der Waals surface area contributed by atoms with Gasteiger partial charge in [0.1, 0.15) is 0 Å². The van der Waals surface area contributed by atoms with E-state index in [4.69, 9.17) is 0 Å². The van der Waals surface area contributed by atoms with Crippen LogP contribution in [0.3, 0.4) is 0 Å². The maximum absolute atomic E-state index is 13.3. The zero-order chi connectivity index (χ0) is 24.9. The van der Waals surface area contributed by atoms with Crippen LogP contribution in [0.2, 0.25) is 0 Å².